The predicted octanol–water partition coefficient (Wildman–Crippen LogP) is 4.27. The summed E-state index contributed by atoms with van der Waals surface area (Å²) in [6.07, 6.45) is 1.91. The molecule has 2 heterocycles. The van der Waals surface area contributed by atoms with Crippen molar-refractivity contribution in [2.75, 3.05) is 52.4 Å². The molecule has 174 valence electrons. The number of hydrogen-bond acceptors (Lipinski definition) is 6. The number of nitrogens with one attached hydrogen (secondary N) is 1. The molecular formula is C23H30Cl2N4O3. The third-order valence-electron chi connectivity index (χ3n) is 5.47. The average molecular weight is 481 g/mol. The first-order valence-corrected chi connectivity index (χ1v) is 10.1. The molecule has 1 fully saturated rings. The first-order chi connectivity index (χ1) is 14.7. The molecule has 0 radical (unpaired) electrons. The van der Waals surface area contributed by atoms with E-state index in [1.807, 2.05) is 36.5 Å². The second kappa shape index (κ2) is 11.9. The van der Waals surface area contributed by atoms with Gasteiger partial charge in [0.2, 0.25) is 0 Å². The van der Waals surface area contributed by atoms with Crippen LogP contribution in [-0.4, -0.2) is 62.4 Å². The van der Waals surface area contributed by atoms with E-state index in [4.69, 9.17) is 14.2 Å². The highest BCUT2D eigenvalue weighted by molar-refractivity contribution is 5.85. The van der Waals surface area contributed by atoms with Gasteiger partial charge in [-0.1, -0.05) is 12.1 Å². The number of para-hydroxylation sites is 1. The third kappa shape index (κ3) is 5.59. The molecule has 0 amide bonds. The van der Waals surface area contributed by atoms with Gasteiger partial charge in [0.1, 0.15) is 11.6 Å². The summed E-state index contributed by atoms with van der Waals surface area (Å²) in [6.45, 7) is 4.79. The van der Waals surface area contributed by atoms with Gasteiger partial charge in [0.25, 0.3) is 0 Å². The van der Waals surface area contributed by atoms with E-state index in [0.717, 1.165) is 55.6 Å². The van der Waals surface area contributed by atoms with Crippen LogP contribution in [0, 0.1) is 0 Å². The van der Waals surface area contributed by atoms with Crippen LogP contribution in [0.15, 0.2) is 48.7 Å². The van der Waals surface area contributed by atoms with Crippen LogP contribution in [0.3, 0.4) is 0 Å². The van der Waals surface area contributed by atoms with E-state index >= 15 is 0 Å². The minimum absolute atomic E-state index is 0. The number of H-pyrrole nitrogens is 1. The van der Waals surface area contributed by atoms with Crippen molar-refractivity contribution in [1.29, 1.82) is 0 Å². The fourth-order valence-corrected chi connectivity index (χ4v) is 3.86. The standard InChI is InChI=1S/C23H28N4O3.2ClH/c1-28-19-7-4-6-18(14-19)27-12-10-26(11-13-27)16-17-15-24-23(25-17)20-8-5-9-21(29-2)22(20)30-3;;/h4-9,14-15H,10-13,16H2,1-3H3,(H,24,25);2*1H. The Morgan fingerprint density at radius 1 is 0.906 bits per heavy atom. The molecule has 4 rings (SSSR count). The maximum atomic E-state index is 5.54. The molecule has 7 nitrogen and oxygen atoms in total. The number of anilines is 1. The molecule has 3 aromatic rings. The zero-order chi connectivity index (χ0) is 20.9. The SMILES string of the molecule is COc1cccc(N2CCN(Cc3cnc(-c4cccc(OC)c4OC)[nH]3)CC2)c1.Cl.Cl. The number of nitrogens with zero attached hydrogens (tertiary/aromatic N) is 3. The smallest absolute Gasteiger partial charge is 0.171 e. The number of halogens is 2. The van der Waals surface area contributed by atoms with E-state index < -0.39 is 0 Å². The molecule has 1 aromatic heterocycles. The Balaban J connectivity index is 0.00000181. The normalized spacial score (nSPS) is 13.7. The van der Waals surface area contributed by atoms with Crippen LogP contribution < -0.4 is 19.1 Å². The van der Waals surface area contributed by atoms with Gasteiger partial charge in [0.15, 0.2) is 11.5 Å². The monoisotopic (exact) mass is 480 g/mol. The highest BCUT2D eigenvalue weighted by Gasteiger charge is 2.19. The van der Waals surface area contributed by atoms with Crippen LogP contribution in [0.25, 0.3) is 11.4 Å². The molecule has 9 heteroatoms. The molecule has 1 aliphatic rings. The minimum Gasteiger partial charge on any atom is -0.497 e. The first-order valence-electron chi connectivity index (χ1n) is 10.1. The Morgan fingerprint density at radius 2 is 1.66 bits per heavy atom. The number of aromatic amines is 1. The van der Waals surface area contributed by atoms with Gasteiger partial charge in [-0.2, -0.15) is 0 Å². The maximum Gasteiger partial charge on any atom is 0.171 e. The summed E-state index contributed by atoms with van der Waals surface area (Å²) in [5.74, 6) is 3.07. The third-order valence-corrected chi connectivity index (χ3v) is 5.47. The van der Waals surface area contributed by atoms with Crippen molar-refractivity contribution in [3.05, 3.63) is 54.4 Å². The van der Waals surface area contributed by atoms with Gasteiger partial charge in [0, 0.05) is 56.4 Å². The number of methoxy groups -OCH3 is 3. The molecule has 2 aromatic carbocycles. The molecule has 1 N–H and O–H groups in total. The average Bonchev–Trinajstić information content (AvgIpc) is 3.27. The molecule has 0 bridgehead atoms. The van der Waals surface area contributed by atoms with Gasteiger partial charge in [-0.15, -0.1) is 24.8 Å². The van der Waals surface area contributed by atoms with Crippen LogP contribution in [0.2, 0.25) is 0 Å². The van der Waals surface area contributed by atoms with Gasteiger partial charge in [0.05, 0.1) is 26.9 Å². The van der Waals surface area contributed by atoms with Crippen molar-refractivity contribution in [3.8, 4) is 28.6 Å². The Bertz CT molecular complexity index is 991. The molecular weight excluding hydrogens is 451 g/mol. The second-order valence-corrected chi connectivity index (χ2v) is 7.26. The zero-order valence-corrected chi connectivity index (χ0v) is 20.2. The van der Waals surface area contributed by atoms with Gasteiger partial charge >= 0.3 is 0 Å². The highest BCUT2D eigenvalue weighted by atomic mass is 35.5. The minimum atomic E-state index is 0. The van der Waals surface area contributed by atoms with E-state index in [0.29, 0.717) is 11.5 Å². The zero-order valence-electron chi connectivity index (χ0n) is 18.5. The Morgan fingerprint density at radius 3 is 2.34 bits per heavy atom. The first kappa shape index (κ1) is 25.6. The lowest BCUT2D eigenvalue weighted by molar-refractivity contribution is 0.247. The van der Waals surface area contributed by atoms with E-state index in [-0.39, 0.29) is 24.8 Å². The fourth-order valence-electron chi connectivity index (χ4n) is 3.86. The molecule has 0 saturated carbocycles. The molecule has 0 atom stereocenters. The van der Waals surface area contributed by atoms with Gasteiger partial charge in [-0.3, -0.25) is 4.90 Å². The van der Waals surface area contributed by atoms with E-state index in [2.05, 4.69) is 31.9 Å². The lowest BCUT2D eigenvalue weighted by atomic mass is 10.1. The van der Waals surface area contributed by atoms with E-state index in [9.17, 15) is 0 Å². The van der Waals surface area contributed by atoms with Crippen LogP contribution in [0.1, 0.15) is 5.69 Å². The van der Waals surface area contributed by atoms with Gasteiger partial charge in [-0.05, 0) is 24.3 Å². The van der Waals surface area contributed by atoms with Crippen LogP contribution in [0.4, 0.5) is 5.69 Å². The van der Waals surface area contributed by atoms with Crippen LogP contribution >= 0.6 is 24.8 Å². The number of rotatable bonds is 7. The molecule has 32 heavy (non-hydrogen) atoms. The molecule has 1 saturated heterocycles. The summed E-state index contributed by atoms with van der Waals surface area (Å²) in [6, 6.07) is 14.1. The number of aromatic nitrogens is 2. The Hall–Kier alpha value is -2.61. The fraction of sp³-hybridized carbons (Fsp3) is 0.348. The summed E-state index contributed by atoms with van der Waals surface area (Å²) in [4.78, 5) is 12.9. The number of ether oxygens (including phenoxy) is 3. The summed E-state index contributed by atoms with van der Waals surface area (Å²) < 4.78 is 16.3. The van der Waals surface area contributed by atoms with Crippen molar-refractivity contribution >= 4 is 30.5 Å². The van der Waals surface area contributed by atoms with Crippen molar-refractivity contribution in [2.24, 2.45) is 0 Å². The molecule has 0 aliphatic carbocycles. The lowest BCUT2D eigenvalue weighted by Crippen LogP contribution is -2.46. The molecule has 1 aliphatic heterocycles. The van der Waals surface area contributed by atoms with Crippen molar-refractivity contribution in [3.63, 3.8) is 0 Å². The lowest BCUT2D eigenvalue weighted by Gasteiger charge is -2.36. The number of imidazole rings is 1. The van der Waals surface area contributed by atoms with E-state index in [1.54, 1.807) is 21.3 Å². The van der Waals surface area contributed by atoms with E-state index in [1.165, 1.54) is 5.69 Å². The molecule has 0 unspecified atom stereocenters. The Labute approximate surface area is 201 Å². The number of benzene rings is 2. The summed E-state index contributed by atoms with van der Waals surface area (Å²) in [5.41, 5.74) is 3.19. The number of piperazine rings is 1. The van der Waals surface area contributed by atoms with Gasteiger partial charge < -0.3 is 24.1 Å². The number of hydrogen-bond donors (Lipinski definition) is 1. The van der Waals surface area contributed by atoms with Crippen molar-refractivity contribution < 1.29 is 14.2 Å². The largest absolute Gasteiger partial charge is 0.497 e. The highest BCUT2D eigenvalue weighted by Crippen LogP contribution is 2.36. The topological polar surface area (TPSA) is 62.9 Å². The summed E-state index contributed by atoms with van der Waals surface area (Å²) in [7, 11) is 4.99. The molecule has 0 spiro atoms. The predicted molar refractivity (Wildman–Crippen MR) is 132 cm³/mol. The quantitative estimate of drug-likeness (QED) is 0.544. The Kier molecular flexibility index (Phi) is 9.50. The van der Waals surface area contributed by atoms with Gasteiger partial charge in [-0.25, -0.2) is 4.98 Å². The van der Waals surface area contributed by atoms with Crippen LogP contribution in [-0.2, 0) is 6.54 Å². The van der Waals surface area contributed by atoms with Crippen molar-refractivity contribution in [1.82, 2.24) is 14.9 Å². The summed E-state index contributed by atoms with van der Waals surface area (Å²) >= 11 is 0. The summed E-state index contributed by atoms with van der Waals surface area (Å²) in [5, 5.41) is 0. The van der Waals surface area contributed by atoms with Crippen LogP contribution in [0.5, 0.6) is 17.2 Å². The van der Waals surface area contributed by atoms with Crippen molar-refractivity contribution in [2.45, 2.75) is 6.54 Å². The second-order valence-electron chi connectivity index (χ2n) is 7.26. The maximum absolute atomic E-state index is 5.54.